The van der Waals surface area contributed by atoms with Crippen molar-refractivity contribution in [1.82, 2.24) is 0 Å². The van der Waals surface area contributed by atoms with Crippen molar-refractivity contribution >= 4 is 11.0 Å². The number of hydrogen-bond donors (Lipinski definition) is 1. The van der Waals surface area contributed by atoms with Crippen molar-refractivity contribution in [1.29, 1.82) is 0 Å². The largest absolute Gasteiger partial charge is 0.459 e. The van der Waals surface area contributed by atoms with Crippen LogP contribution >= 0.6 is 0 Å². The van der Waals surface area contributed by atoms with E-state index in [1.807, 2.05) is 24.3 Å². The lowest BCUT2D eigenvalue weighted by molar-refractivity contribution is 0.431. The van der Waals surface area contributed by atoms with Gasteiger partial charge in [-0.1, -0.05) is 30.3 Å². The summed E-state index contributed by atoms with van der Waals surface area (Å²) in [6, 6.07) is 16.5. The van der Waals surface area contributed by atoms with E-state index in [0.717, 1.165) is 24.0 Å². The van der Waals surface area contributed by atoms with Crippen molar-refractivity contribution in [3.05, 3.63) is 71.7 Å². The van der Waals surface area contributed by atoms with Crippen LogP contribution in [0.5, 0.6) is 0 Å². The molecule has 0 amide bonds. The predicted molar refractivity (Wildman–Crippen MR) is 80.5 cm³/mol. The van der Waals surface area contributed by atoms with E-state index >= 15 is 0 Å². The Balaban J connectivity index is 1.75. The van der Waals surface area contributed by atoms with E-state index in [1.54, 1.807) is 6.07 Å². The molecule has 0 saturated heterocycles. The SMILES string of the molecule is NC(c1cc2cc(F)ccc2o1)C1(c2ccccc2)CC1. The standard InChI is InChI=1S/C18H16FNO/c19-14-6-7-15-12(10-14)11-16(21-15)17(20)18(8-9-18)13-4-2-1-3-5-13/h1-7,10-11,17H,8-9,20H2. The highest BCUT2D eigenvalue weighted by molar-refractivity contribution is 5.78. The van der Waals surface area contributed by atoms with Crippen LogP contribution in [0.3, 0.4) is 0 Å². The molecule has 1 unspecified atom stereocenters. The minimum Gasteiger partial charge on any atom is -0.459 e. The molecule has 3 heteroatoms. The van der Waals surface area contributed by atoms with Gasteiger partial charge in [-0.25, -0.2) is 4.39 Å². The van der Waals surface area contributed by atoms with Crippen molar-refractivity contribution in [3.63, 3.8) is 0 Å². The van der Waals surface area contributed by atoms with Gasteiger partial charge in [0, 0.05) is 10.8 Å². The van der Waals surface area contributed by atoms with Crippen molar-refractivity contribution in [3.8, 4) is 0 Å². The molecular weight excluding hydrogens is 265 g/mol. The Bertz CT molecular complexity index is 789. The Labute approximate surface area is 122 Å². The van der Waals surface area contributed by atoms with Gasteiger partial charge in [0.15, 0.2) is 0 Å². The third-order valence-electron chi connectivity index (χ3n) is 4.54. The molecule has 0 bridgehead atoms. The van der Waals surface area contributed by atoms with Crippen LogP contribution < -0.4 is 5.73 Å². The Kier molecular flexibility index (Phi) is 2.66. The highest BCUT2D eigenvalue weighted by Crippen LogP contribution is 2.55. The van der Waals surface area contributed by atoms with E-state index in [-0.39, 0.29) is 17.3 Å². The molecule has 21 heavy (non-hydrogen) atoms. The summed E-state index contributed by atoms with van der Waals surface area (Å²) in [6.07, 6.45) is 2.12. The highest BCUT2D eigenvalue weighted by atomic mass is 19.1. The van der Waals surface area contributed by atoms with Gasteiger partial charge in [0.1, 0.15) is 17.2 Å². The summed E-state index contributed by atoms with van der Waals surface area (Å²) in [4.78, 5) is 0. The van der Waals surface area contributed by atoms with E-state index in [4.69, 9.17) is 10.2 Å². The first-order valence-corrected chi connectivity index (χ1v) is 7.19. The lowest BCUT2D eigenvalue weighted by Gasteiger charge is -2.22. The van der Waals surface area contributed by atoms with E-state index in [0.29, 0.717) is 5.58 Å². The summed E-state index contributed by atoms with van der Waals surface area (Å²) < 4.78 is 19.1. The Morgan fingerprint density at radius 1 is 1.05 bits per heavy atom. The molecule has 2 nitrogen and oxygen atoms in total. The Morgan fingerprint density at radius 3 is 2.52 bits per heavy atom. The molecule has 0 spiro atoms. The first kappa shape index (κ1) is 12.6. The van der Waals surface area contributed by atoms with Crippen LogP contribution in [0, 0.1) is 5.82 Å². The summed E-state index contributed by atoms with van der Waals surface area (Å²) in [5.41, 5.74) is 8.39. The quantitative estimate of drug-likeness (QED) is 0.777. The monoisotopic (exact) mass is 281 g/mol. The van der Waals surface area contributed by atoms with Gasteiger partial charge in [-0.05, 0) is 42.7 Å². The zero-order chi connectivity index (χ0) is 14.4. The third-order valence-corrected chi connectivity index (χ3v) is 4.54. The van der Waals surface area contributed by atoms with Gasteiger partial charge >= 0.3 is 0 Å². The lowest BCUT2D eigenvalue weighted by Crippen LogP contribution is -2.25. The predicted octanol–water partition coefficient (Wildman–Crippen LogP) is 4.30. The molecule has 1 heterocycles. The van der Waals surface area contributed by atoms with Crippen LogP contribution in [-0.2, 0) is 5.41 Å². The van der Waals surface area contributed by atoms with Gasteiger partial charge in [-0.15, -0.1) is 0 Å². The van der Waals surface area contributed by atoms with Crippen LogP contribution in [0.25, 0.3) is 11.0 Å². The molecule has 1 aliphatic rings. The molecule has 1 fully saturated rings. The summed E-state index contributed by atoms with van der Waals surface area (Å²) in [5, 5.41) is 0.768. The summed E-state index contributed by atoms with van der Waals surface area (Å²) in [5.74, 6) is 0.476. The van der Waals surface area contributed by atoms with E-state index in [2.05, 4.69) is 12.1 Å². The van der Waals surface area contributed by atoms with Crippen molar-refractivity contribution in [2.75, 3.05) is 0 Å². The zero-order valence-electron chi connectivity index (χ0n) is 11.6. The molecule has 1 atom stereocenters. The molecule has 3 aromatic rings. The summed E-state index contributed by atoms with van der Waals surface area (Å²) in [7, 11) is 0. The summed E-state index contributed by atoms with van der Waals surface area (Å²) in [6.45, 7) is 0. The fraction of sp³-hybridized carbons (Fsp3) is 0.222. The molecule has 2 aromatic carbocycles. The second-order valence-electron chi connectivity index (χ2n) is 5.83. The lowest BCUT2D eigenvalue weighted by atomic mass is 9.87. The number of furan rings is 1. The topological polar surface area (TPSA) is 39.2 Å². The Hall–Kier alpha value is -2.13. The molecule has 106 valence electrons. The van der Waals surface area contributed by atoms with Gasteiger partial charge in [0.2, 0.25) is 0 Å². The minimum absolute atomic E-state index is 0.0340. The maximum absolute atomic E-state index is 13.3. The molecular formula is C18H16FNO. The fourth-order valence-electron chi connectivity index (χ4n) is 3.14. The molecule has 4 rings (SSSR count). The van der Waals surface area contributed by atoms with Crippen molar-refractivity contribution in [2.24, 2.45) is 5.73 Å². The van der Waals surface area contributed by atoms with Gasteiger partial charge in [0.25, 0.3) is 0 Å². The number of hydrogen-bond acceptors (Lipinski definition) is 2. The van der Waals surface area contributed by atoms with E-state index in [1.165, 1.54) is 17.7 Å². The van der Waals surface area contributed by atoms with Gasteiger partial charge < -0.3 is 10.2 Å². The number of nitrogens with two attached hydrogens (primary N) is 1. The normalized spacial score (nSPS) is 17.8. The first-order valence-electron chi connectivity index (χ1n) is 7.19. The second kappa shape index (κ2) is 4.43. The van der Waals surface area contributed by atoms with Crippen LogP contribution in [0.2, 0.25) is 0 Å². The molecule has 1 aliphatic carbocycles. The second-order valence-corrected chi connectivity index (χ2v) is 5.83. The van der Waals surface area contributed by atoms with Crippen LogP contribution in [-0.4, -0.2) is 0 Å². The van der Waals surface area contributed by atoms with Gasteiger partial charge in [-0.2, -0.15) is 0 Å². The number of rotatable bonds is 3. The average molecular weight is 281 g/mol. The molecule has 2 N–H and O–H groups in total. The maximum atomic E-state index is 13.3. The number of halogens is 1. The molecule has 1 saturated carbocycles. The number of benzene rings is 2. The molecule has 0 aliphatic heterocycles. The smallest absolute Gasteiger partial charge is 0.134 e. The zero-order valence-corrected chi connectivity index (χ0v) is 11.6. The number of fused-ring (bicyclic) bond motifs is 1. The van der Waals surface area contributed by atoms with Crippen LogP contribution in [0.1, 0.15) is 30.2 Å². The van der Waals surface area contributed by atoms with Gasteiger partial charge in [0.05, 0.1) is 6.04 Å². The average Bonchev–Trinajstić information content (AvgIpc) is 3.21. The van der Waals surface area contributed by atoms with E-state index < -0.39 is 0 Å². The van der Waals surface area contributed by atoms with Crippen LogP contribution in [0.15, 0.2) is 59.0 Å². The highest BCUT2D eigenvalue weighted by Gasteiger charge is 2.50. The molecule has 1 aromatic heterocycles. The summed E-state index contributed by atoms with van der Waals surface area (Å²) >= 11 is 0. The third kappa shape index (κ3) is 1.96. The first-order chi connectivity index (χ1) is 10.2. The van der Waals surface area contributed by atoms with Crippen molar-refractivity contribution < 1.29 is 8.81 Å². The van der Waals surface area contributed by atoms with E-state index in [9.17, 15) is 4.39 Å². The Morgan fingerprint density at radius 2 is 1.81 bits per heavy atom. The fourth-order valence-corrected chi connectivity index (χ4v) is 3.14. The van der Waals surface area contributed by atoms with Crippen molar-refractivity contribution in [2.45, 2.75) is 24.3 Å². The van der Waals surface area contributed by atoms with Crippen LogP contribution in [0.4, 0.5) is 4.39 Å². The molecule has 0 radical (unpaired) electrons. The van der Waals surface area contributed by atoms with Gasteiger partial charge in [-0.3, -0.25) is 0 Å². The minimum atomic E-state index is -0.257. The maximum Gasteiger partial charge on any atom is 0.134 e.